The number of rotatable bonds is 10. The highest BCUT2D eigenvalue weighted by Crippen LogP contribution is 2.14. The Morgan fingerprint density at radius 3 is 2.41 bits per heavy atom. The number of carbonyl (C=O) groups is 2. The molecule has 156 valence electrons. The fourth-order valence-electron chi connectivity index (χ4n) is 2.75. The molecule has 1 unspecified atom stereocenters. The Hall–Kier alpha value is -2.87. The van der Waals surface area contributed by atoms with Crippen LogP contribution >= 0.6 is 0 Å². The summed E-state index contributed by atoms with van der Waals surface area (Å²) in [7, 11) is -3.47. The Labute approximate surface area is 171 Å². The summed E-state index contributed by atoms with van der Waals surface area (Å²) >= 11 is 0. The number of benzene rings is 2. The van der Waals surface area contributed by atoms with E-state index in [2.05, 4.69) is 10.0 Å². The number of nitrogens with one attached hydrogen (secondary N) is 2. The van der Waals surface area contributed by atoms with E-state index in [4.69, 9.17) is 4.74 Å². The predicted molar refractivity (Wildman–Crippen MR) is 112 cm³/mol. The van der Waals surface area contributed by atoms with Crippen molar-refractivity contribution in [2.24, 2.45) is 0 Å². The van der Waals surface area contributed by atoms with Crippen LogP contribution in [0.5, 0.6) is 0 Å². The van der Waals surface area contributed by atoms with Gasteiger partial charge in [-0.05, 0) is 37.1 Å². The SMILES string of the molecule is CCCS(=O)(=O)Nc1cccc(C(=O)NC(Cc2ccccc2)C(=O)OCC)c1. The molecule has 0 spiro atoms. The van der Waals surface area contributed by atoms with Gasteiger partial charge < -0.3 is 10.1 Å². The number of carbonyl (C=O) groups excluding carboxylic acids is 2. The quantitative estimate of drug-likeness (QED) is 0.578. The molecule has 7 nitrogen and oxygen atoms in total. The fraction of sp³-hybridized carbons (Fsp3) is 0.333. The lowest BCUT2D eigenvalue weighted by atomic mass is 10.1. The third kappa shape index (κ3) is 7.23. The van der Waals surface area contributed by atoms with Gasteiger partial charge in [0.1, 0.15) is 6.04 Å². The van der Waals surface area contributed by atoms with Gasteiger partial charge in [-0.3, -0.25) is 9.52 Å². The molecule has 1 amide bonds. The number of sulfonamides is 1. The van der Waals surface area contributed by atoms with Gasteiger partial charge in [0.25, 0.3) is 5.91 Å². The first-order chi connectivity index (χ1) is 13.8. The lowest BCUT2D eigenvalue weighted by Crippen LogP contribution is -2.43. The van der Waals surface area contributed by atoms with Crippen molar-refractivity contribution in [3.63, 3.8) is 0 Å². The first-order valence-corrected chi connectivity index (χ1v) is 11.1. The van der Waals surface area contributed by atoms with Crippen LogP contribution in [0.1, 0.15) is 36.2 Å². The molecule has 0 saturated heterocycles. The molecule has 0 radical (unpaired) electrons. The van der Waals surface area contributed by atoms with Gasteiger partial charge in [-0.15, -0.1) is 0 Å². The van der Waals surface area contributed by atoms with Crippen molar-refractivity contribution in [3.8, 4) is 0 Å². The molecule has 0 aliphatic heterocycles. The van der Waals surface area contributed by atoms with E-state index in [0.717, 1.165) is 5.56 Å². The zero-order valence-corrected chi connectivity index (χ0v) is 17.4. The summed E-state index contributed by atoms with van der Waals surface area (Å²) in [5.74, 6) is -1.02. The molecule has 1 atom stereocenters. The molecule has 0 aromatic heterocycles. The zero-order valence-electron chi connectivity index (χ0n) is 16.6. The Kier molecular flexibility index (Phi) is 8.21. The number of hydrogen-bond donors (Lipinski definition) is 2. The molecule has 29 heavy (non-hydrogen) atoms. The van der Waals surface area contributed by atoms with Crippen LogP contribution in [0.2, 0.25) is 0 Å². The minimum absolute atomic E-state index is 0.00850. The number of amides is 1. The Morgan fingerprint density at radius 1 is 1.03 bits per heavy atom. The van der Waals surface area contributed by atoms with Crippen LogP contribution in [0.3, 0.4) is 0 Å². The molecule has 0 saturated carbocycles. The highest BCUT2D eigenvalue weighted by molar-refractivity contribution is 7.92. The van der Waals surface area contributed by atoms with Gasteiger partial charge in [0.15, 0.2) is 0 Å². The summed E-state index contributed by atoms with van der Waals surface area (Å²) < 4.78 is 31.4. The average Bonchev–Trinajstić information content (AvgIpc) is 2.68. The lowest BCUT2D eigenvalue weighted by molar-refractivity contribution is -0.145. The summed E-state index contributed by atoms with van der Waals surface area (Å²) in [5, 5.41) is 2.69. The second kappa shape index (κ2) is 10.6. The van der Waals surface area contributed by atoms with Crippen molar-refractivity contribution in [2.45, 2.75) is 32.7 Å². The van der Waals surface area contributed by atoms with Crippen molar-refractivity contribution in [3.05, 3.63) is 65.7 Å². The van der Waals surface area contributed by atoms with Crippen LogP contribution in [-0.2, 0) is 26.0 Å². The summed E-state index contributed by atoms with van der Waals surface area (Å²) in [5.41, 5.74) is 1.41. The minimum Gasteiger partial charge on any atom is -0.464 e. The van der Waals surface area contributed by atoms with Gasteiger partial charge in [0, 0.05) is 17.7 Å². The summed E-state index contributed by atoms with van der Waals surface area (Å²) in [6.07, 6.45) is 0.768. The van der Waals surface area contributed by atoms with Crippen LogP contribution < -0.4 is 10.0 Å². The lowest BCUT2D eigenvalue weighted by Gasteiger charge is -2.18. The van der Waals surface area contributed by atoms with E-state index in [1.807, 2.05) is 30.3 Å². The van der Waals surface area contributed by atoms with Gasteiger partial charge in [-0.2, -0.15) is 0 Å². The Balaban J connectivity index is 2.16. The maximum Gasteiger partial charge on any atom is 0.328 e. The smallest absolute Gasteiger partial charge is 0.328 e. The van der Waals surface area contributed by atoms with E-state index >= 15 is 0 Å². The molecule has 2 N–H and O–H groups in total. The highest BCUT2D eigenvalue weighted by Gasteiger charge is 2.23. The monoisotopic (exact) mass is 418 g/mol. The number of ether oxygens (including phenoxy) is 1. The third-order valence-corrected chi connectivity index (χ3v) is 5.52. The fourth-order valence-corrected chi connectivity index (χ4v) is 3.88. The molecule has 0 aliphatic rings. The Bertz CT molecular complexity index is 929. The van der Waals surface area contributed by atoms with Crippen molar-refractivity contribution in [2.75, 3.05) is 17.1 Å². The molecule has 0 bridgehead atoms. The first-order valence-electron chi connectivity index (χ1n) is 9.46. The van der Waals surface area contributed by atoms with Crippen molar-refractivity contribution >= 4 is 27.6 Å². The van der Waals surface area contributed by atoms with E-state index in [1.165, 1.54) is 6.07 Å². The van der Waals surface area contributed by atoms with E-state index in [0.29, 0.717) is 12.1 Å². The number of anilines is 1. The molecular weight excluding hydrogens is 392 g/mol. The maximum atomic E-state index is 12.7. The second-order valence-electron chi connectivity index (χ2n) is 6.47. The summed E-state index contributed by atoms with van der Waals surface area (Å²) in [4.78, 5) is 25.0. The van der Waals surface area contributed by atoms with Crippen LogP contribution in [0.15, 0.2) is 54.6 Å². The standard InChI is InChI=1S/C21H26N2O5S/c1-3-13-29(26,27)23-18-12-8-11-17(15-18)20(24)22-19(21(25)28-4-2)14-16-9-6-5-7-10-16/h5-12,15,19,23H,3-4,13-14H2,1-2H3,(H,22,24). The van der Waals surface area contributed by atoms with Gasteiger partial charge in [0.05, 0.1) is 12.4 Å². The van der Waals surface area contributed by atoms with Gasteiger partial charge in [-0.1, -0.05) is 43.3 Å². The minimum atomic E-state index is -3.47. The first kappa shape index (κ1) is 22.4. The summed E-state index contributed by atoms with van der Waals surface area (Å²) in [6, 6.07) is 14.6. The molecular formula is C21H26N2O5S. The van der Waals surface area contributed by atoms with E-state index in [-0.39, 0.29) is 24.3 Å². The molecule has 0 aliphatic carbocycles. The normalized spacial score (nSPS) is 12.1. The van der Waals surface area contributed by atoms with Crippen LogP contribution in [0.25, 0.3) is 0 Å². The topological polar surface area (TPSA) is 102 Å². The number of hydrogen-bond acceptors (Lipinski definition) is 5. The van der Waals surface area contributed by atoms with E-state index in [9.17, 15) is 18.0 Å². The predicted octanol–water partition coefficient (Wildman–Crippen LogP) is 2.74. The third-order valence-electron chi connectivity index (χ3n) is 4.03. The van der Waals surface area contributed by atoms with Crippen molar-refractivity contribution < 1.29 is 22.7 Å². The molecule has 2 aromatic rings. The van der Waals surface area contributed by atoms with E-state index in [1.54, 1.807) is 32.0 Å². The van der Waals surface area contributed by atoms with Gasteiger partial charge in [0.2, 0.25) is 10.0 Å². The van der Waals surface area contributed by atoms with Gasteiger partial charge in [-0.25, -0.2) is 13.2 Å². The second-order valence-corrected chi connectivity index (χ2v) is 8.31. The molecule has 0 heterocycles. The van der Waals surface area contributed by atoms with Crippen molar-refractivity contribution in [1.29, 1.82) is 0 Å². The molecule has 0 fully saturated rings. The van der Waals surface area contributed by atoms with Gasteiger partial charge >= 0.3 is 5.97 Å². The van der Waals surface area contributed by atoms with Crippen molar-refractivity contribution in [1.82, 2.24) is 5.32 Å². The summed E-state index contributed by atoms with van der Waals surface area (Å²) in [6.45, 7) is 3.67. The van der Waals surface area contributed by atoms with E-state index < -0.39 is 27.9 Å². The number of esters is 1. The molecule has 2 rings (SSSR count). The molecule has 8 heteroatoms. The highest BCUT2D eigenvalue weighted by atomic mass is 32.2. The Morgan fingerprint density at radius 2 is 1.76 bits per heavy atom. The van der Waals surface area contributed by atoms with Crippen LogP contribution in [0.4, 0.5) is 5.69 Å². The average molecular weight is 419 g/mol. The maximum absolute atomic E-state index is 12.7. The largest absolute Gasteiger partial charge is 0.464 e. The van der Waals surface area contributed by atoms with Crippen LogP contribution in [-0.4, -0.2) is 38.7 Å². The van der Waals surface area contributed by atoms with Crippen LogP contribution in [0, 0.1) is 0 Å². The zero-order chi connectivity index (χ0) is 21.3. The molecule has 2 aromatic carbocycles.